The molecule has 1 atom stereocenters. The molecule has 1 spiro atoms. The first-order valence-electron chi connectivity index (χ1n) is 7.94. The average molecular weight is 350 g/mol. The molecule has 0 aromatic carbocycles. The molecular formula is C16H17ClFN5O. The van der Waals surface area contributed by atoms with E-state index >= 15 is 0 Å². The lowest BCUT2D eigenvalue weighted by atomic mass is 9.87. The van der Waals surface area contributed by atoms with Gasteiger partial charge in [0.25, 0.3) is 5.56 Å². The highest BCUT2D eigenvalue weighted by Crippen LogP contribution is 2.39. The molecule has 0 saturated carbocycles. The normalized spacial score (nSPS) is 23.3. The van der Waals surface area contributed by atoms with Crippen molar-refractivity contribution in [1.82, 2.24) is 20.3 Å². The molecular weight excluding hydrogens is 333 g/mol. The van der Waals surface area contributed by atoms with E-state index in [1.54, 1.807) is 6.07 Å². The van der Waals surface area contributed by atoms with Gasteiger partial charge in [-0.05, 0) is 25.5 Å². The van der Waals surface area contributed by atoms with E-state index in [0.717, 1.165) is 39.0 Å². The number of hydrogen-bond acceptors (Lipinski definition) is 5. The maximum absolute atomic E-state index is 13.4. The minimum absolute atomic E-state index is 0.0799. The third kappa shape index (κ3) is 2.67. The van der Waals surface area contributed by atoms with Crippen molar-refractivity contribution in [3.05, 3.63) is 39.7 Å². The highest BCUT2D eigenvalue weighted by Gasteiger charge is 2.41. The quantitative estimate of drug-likeness (QED) is 0.809. The van der Waals surface area contributed by atoms with Gasteiger partial charge in [0, 0.05) is 42.9 Å². The van der Waals surface area contributed by atoms with Gasteiger partial charge in [-0.3, -0.25) is 4.79 Å². The molecule has 6 nitrogen and oxygen atoms in total. The van der Waals surface area contributed by atoms with E-state index in [-0.39, 0.29) is 10.4 Å². The number of aromatic nitrogens is 3. The predicted molar refractivity (Wildman–Crippen MR) is 89.8 cm³/mol. The van der Waals surface area contributed by atoms with Gasteiger partial charge in [-0.1, -0.05) is 11.6 Å². The summed E-state index contributed by atoms with van der Waals surface area (Å²) < 4.78 is 13.4. The van der Waals surface area contributed by atoms with Gasteiger partial charge >= 0.3 is 0 Å². The molecule has 8 heteroatoms. The van der Waals surface area contributed by atoms with Crippen LogP contribution in [0.15, 0.2) is 23.1 Å². The van der Waals surface area contributed by atoms with E-state index in [2.05, 4.69) is 25.2 Å². The molecule has 126 valence electrons. The van der Waals surface area contributed by atoms with Crippen LogP contribution in [0.1, 0.15) is 12.8 Å². The van der Waals surface area contributed by atoms with Crippen LogP contribution in [0.25, 0.3) is 11.4 Å². The first-order chi connectivity index (χ1) is 11.6. The fourth-order valence-corrected chi connectivity index (χ4v) is 3.81. The van der Waals surface area contributed by atoms with E-state index < -0.39 is 11.5 Å². The summed E-state index contributed by atoms with van der Waals surface area (Å²) in [5.41, 5.74) is 0.282. The molecule has 2 saturated heterocycles. The van der Waals surface area contributed by atoms with Crippen molar-refractivity contribution in [3.63, 3.8) is 0 Å². The smallest absolute Gasteiger partial charge is 0.272 e. The van der Waals surface area contributed by atoms with Crippen LogP contribution in [0.5, 0.6) is 0 Å². The largest absolute Gasteiger partial charge is 0.355 e. The molecule has 2 aliphatic rings. The summed E-state index contributed by atoms with van der Waals surface area (Å²) in [6, 6.07) is 2.84. The number of aromatic amines is 1. The highest BCUT2D eigenvalue weighted by atomic mass is 35.5. The number of hydrogen-bond donors (Lipinski definition) is 2. The second-order valence-electron chi connectivity index (χ2n) is 6.52. The van der Waals surface area contributed by atoms with Crippen molar-refractivity contribution in [3.8, 4) is 11.4 Å². The second kappa shape index (κ2) is 5.82. The second-order valence-corrected chi connectivity index (χ2v) is 6.90. The zero-order chi connectivity index (χ0) is 16.7. The van der Waals surface area contributed by atoms with Crippen LogP contribution in [0.3, 0.4) is 0 Å². The van der Waals surface area contributed by atoms with E-state index in [4.69, 9.17) is 11.6 Å². The molecule has 2 aliphatic heterocycles. The number of pyridine rings is 1. The van der Waals surface area contributed by atoms with Gasteiger partial charge in [0.1, 0.15) is 10.8 Å². The lowest BCUT2D eigenvalue weighted by Gasteiger charge is -2.24. The van der Waals surface area contributed by atoms with Gasteiger partial charge in [0.2, 0.25) is 5.95 Å². The summed E-state index contributed by atoms with van der Waals surface area (Å²) in [6.07, 6.45) is 3.50. The van der Waals surface area contributed by atoms with E-state index in [1.165, 1.54) is 12.3 Å². The molecule has 2 aromatic rings. The van der Waals surface area contributed by atoms with E-state index in [0.29, 0.717) is 17.2 Å². The average Bonchev–Trinajstić information content (AvgIpc) is 3.20. The van der Waals surface area contributed by atoms with Crippen LogP contribution in [0.4, 0.5) is 10.2 Å². The molecule has 24 heavy (non-hydrogen) atoms. The highest BCUT2D eigenvalue weighted by molar-refractivity contribution is 6.32. The third-order valence-electron chi connectivity index (χ3n) is 4.92. The fraction of sp³-hybridized carbons (Fsp3) is 0.438. The number of nitrogens with one attached hydrogen (secondary N) is 2. The summed E-state index contributed by atoms with van der Waals surface area (Å²) in [4.78, 5) is 24.9. The standard InChI is InChI=1S/C16H17ClFN5O/c17-12-14(23-6-3-16(9-23)2-5-19-8-16)21-13(22-15(12)24)10-1-4-20-11(18)7-10/h1,4,7,19H,2-3,5-6,8-9H2,(H,21,22,24). The number of H-pyrrole nitrogens is 1. The minimum atomic E-state index is -0.621. The number of rotatable bonds is 2. The Hall–Kier alpha value is -1.99. The molecule has 0 bridgehead atoms. The van der Waals surface area contributed by atoms with Gasteiger partial charge in [-0.2, -0.15) is 4.39 Å². The molecule has 4 heterocycles. The van der Waals surface area contributed by atoms with Crippen molar-refractivity contribution in [2.75, 3.05) is 31.1 Å². The molecule has 0 amide bonds. The maximum Gasteiger partial charge on any atom is 0.272 e. The third-order valence-corrected chi connectivity index (χ3v) is 5.26. The first-order valence-corrected chi connectivity index (χ1v) is 8.32. The molecule has 0 aliphatic carbocycles. The van der Waals surface area contributed by atoms with Crippen LogP contribution < -0.4 is 15.8 Å². The molecule has 2 aromatic heterocycles. The molecule has 2 fully saturated rings. The van der Waals surface area contributed by atoms with Crippen molar-refractivity contribution in [1.29, 1.82) is 0 Å². The van der Waals surface area contributed by atoms with Crippen molar-refractivity contribution in [2.24, 2.45) is 5.41 Å². The Bertz CT molecular complexity index is 833. The van der Waals surface area contributed by atoms with Gasteiger partial charge in [0.15, 0.2) is 5.82 Å². The van der Waals surface area contributed by atoms with Crippen LogP contribution in [-0.4, -0.2) is 41.1 Å². The van der Waals surface area contributed by atoms with Crippen LogP contribution in [-0.2, 0) is 0 Å². The summed E-state index contributed by atoms with van der Waals surface area (Å²) in [5.74, 6) is 0.145. The summed E-state index contributed by atoms with van der Waals surface area (Å²) in [5, 5.41) is 3.48. The van der Waals surface area contributed by atoms with Crippen LogP contribution in [0, 0.1) is 11.4 Å². The number of anilines is 1. The molecule has 0 radical (unpaired) electrons. The lowest BCUT2D eigenvalue weighted by molar-refractivity contribution is 0.369. The Balaban J connectivity index is 1.72. The molecule has 4 rings (SSSR count). The van der Waals surface area contributed by atoms with Crippen molar-refractivity contribution < 1.29 is 4.39 Å². The first kappa shape index (κ1) is 15.5. The summed E-state index contributed by atoms with van der Waals surface area (Å²) in [7, 11) is 0. The van der Waals surface area contributed by atoms with Gasteiger partial charge in [0.05, 0.1) is 0 Å². The van der Waals surface area contributed by atoms with Gasteiger partial charge in [-0.15, -0.1) is 0 Å². The Labute approximate surface area is 143 Å². The number of nitrogens with zero attached hydrogens (tertiary/aromatic N) is 3. The van der Waals surface area contributed by atoms with Gasteiger partial charge < -0.3 is 15.2 Å². The summed E-state index contributed by atoms with van der Waals surface area (Å²) in [6.45, 7) is 3.63. The molecule has 1 unspecified atom stereocenters. The van der Waals surface area contributed by atoms with E-state index in [9.17, 15) is 9.18 Å². The SMILES string of the molecule is O=c1[nH]c(-c2ccnc(F)c2)nc(N2CCC3(CCNC3)C2)c1Cl. The summed E-state index contributed by atoms with van der Waals surface area (Å²) >= 11 is 6.21. The Morgan fingerprint density at radius 3 is 3.00 bits per heavy atom. The Morgan fingerprint density at radius 2 is 2.25 bits per heavy atom. The van der Waals surface area contributed by atoms with Crippen LogP contribution in [0.2, 0.25) is 5.02 Å². The predicted octanol–water partition coefficient (Wildman–Crippen LogP) is 1.81. The minimum Gasteiger partial charge on any atom is -0.355 e. The lowest BCUT2D eigenvalue weighted by Crippen LogP contribution is -2.30. The van der Waals surface area contributed by atoms with Crippen molar-refractivity contribution in [2.45, 2.75) is 12.8 Å². The van der Waals surface area contributed by atoms with Gasteiger partial charge in [-0.25, -0.2) is 9.97 Å². The molecule has 2 N–H and O–H groups in total. The maximum atomic E-state index is 13.4. The van der Waals surface area contributed by atoms with Crippen LogP contribution >= 0.6 is 11.6 Å². The Kier molecular flexibility index (Phi) is 3.77. The fourth-order valence-electron chi connectivity index (χ4n) is 3.60. The number of halogens is 2. The monoisotopic (exact) mass is 349 g/mol. The topological polar surface area (TPSA) is 73.9 Å². The van der Waals surface area contributed by atoms with Crippen molar-refractivity contribution >= 4 is 17.4 Å². The Morgan fingerprint density at radius 1 is 1.38 bits per heavy atom. The van der Waals surface area contributed by atoms with E-state index in [1.807, 2.05) is 0 Å². The zero-order valence-corrected chi connectivity index (χ0v) is 13.7. The zero-order valence-electron chi connectivity index (χ0n) is 13.0.